The Morgan fingerprint density at radius 3 is 0.881 bits per heavy atom. The standard InChI is InChI=1S/C84H122N6O44/c1-89(27-38(91)49(95)51(97)40(93)31-122-79-68(114)61(107)71(44(128-79)25-87-76(119)36-19-11-5-12-20-36)132-82-65(111)58(104)53(99)42(126-82)23-85-74(117)34-15-7-3-8-16-34)29-46-55(101)60(106)67(113)84(130-46)134-73-47(131-81(70(116)63(73)109)124-33-48-56(102)57(103)64(110)78(121)125-48)30-90(2)28-39(92)50(96)52(98)41(94)32-123-80-69(115)62(108)72(45(129-80)26-88-77(120)37-21-13-6-14-22-37)133-83-66(112)59(105)54(100)43(127-83)24-86-75(118)35-17-9-4-10-18-35/h3-22,38-73,78-84,91-116,121H,23-33H2,1-2H3,(H,85,117)(H,86,118)(H,87,119)(H,88,120)/t38-,39-,40+,41+,42+,43+,44+,45+,46+,47+,48+,49+,50+,51-,52-,53+,54+,55+,56-,57-,58-,59-,60-,61+,62+,63+,64+,65+,66+,67+,68+,69+,70+,71+,72+,73+,78?,79+,80+,81+,82+,83+,84+/m0/s1. The lowest BCUT2D eigenvalue weighted by atomic mass is 9.95. The first-order chi connectivity index (χ1) is 63.6. The molecular weight excluding hydrogens is 1800 g/mol. The van der Waals surface area contributed by atoms with E-state index in [1.807, 2.05) is 0 Å². The van der Waals surface area contributed by atoms with Gasteiger partial charge in [-0.15, -0.1) is 0 Å². The quantitative estimate of drug-likeness (QED) is 0.0196. The molecule has 7 aliphatic rings. The summed E-state index contributed by atoms with van der Waals surface area (Å²) in [4.78, 5) is 54.7. The van der Waals surface area contributed by atoms with Crippen LogP contribution in [-0.2, 0) is 61.6 Å². The van der Waals surface area contributed by atoms with Crippen LogP contribution in [0.1, 0.15) is 41.4 Å². The van der Waals surface area contributed by atoms with Crippen molar-refractivity contribution >= 4 is 23.6 Å². The van der Waals surface area contributed by atoms with Gasteiger partial charge in [0.15, 0.2) is 44.0 Å². The maximum absolute atomic E-state index is 13.3. The Morgan fingerprint density at radius 2 is 0.537 bits per heavy atom. The molecule has 7 fully saturated rings. The Kier molecular flexibility index (Phi) is 39.5. The molecule has 43 atom stereocenters. The van der Waals surface area contributed by atoms with Crippen LogP contribution in [0.25, 0.3) is 0 Å². The van der Waals surface area contributed by atoms with Crippen LogP contribution >= 0.6 is 0 Å². The molecule has 50 nitrogen and oxygen atoms in total. The van der Waals surface area contributed by atoms with Gasteiger partial charge < -0.3 is 231 Å². The highest BCUT2D eigenvalue weighted by molar-refractivity contribution is 5.95. The molecule has 0 aliphatic carbocycles. The summed E-state index contributed by atoms with van der Waals surface area (Å²) in [5, 5.41) is 312. The Labute approximate surface area is 764 Å². The number of rotatable bonds is 41. The summed E-state index contributed by atoms with van der Waals surface area (Å²) in [6.45, 7) is -7.66. The van der Waals surface area contributed by atoms with E-state index in [0.29, 0.717) is 0 Å². The van der Waals surface area contributed by atoms with Gasteiger partial charge in [0.25, 0.3) is 23.6 Å². The van der Waals surface area contributed by atoms with Gasteiger partial charge in [-0.25, -0.2) is 0 Å². The molecule has 0 spiro atoms. The fourth-order valence-corrected chi connectivity index (χ4v) is 16.1. The van der Waals surface area contributed by atoms with Gasteiger partial charge in [0, 0.05) is 74.6 Å². The van der Waals surface area contributed by atoms with Crippen LogP contribution in [0.5, 0.6) is 0 Å². The number of ether oxygens (including phenoxy) is 13. The smallest absolute Gasteiger partial charge is 0.251 e. The Morgan fingerprint density at radius 1 is 0.284 bits per heavy atom. The summed E-state index contributed by atoms with van der Waals surface area (Å²) >= 11 is 0. The van der Waals surface area contributed by atoms with E-state index in [-0.39, 0.29) is 22.3 Å². The van der Waals surface area contributed by atoms with Crippen LogP contribution in [0, 0.1) is 0 Å². The fraction of sp³-hybridized carbons (Fsp3) is 0.667. The van der Waals surface area contributed by atoms with Crippen molar-refractivity contribution in [3.8, 4) is 0 Å². The summed E-state index contributed by atoms with van der Waals surface area (Å²) in [7, 11) is 2.51. The van der Waals surface area contributed by atoms with Gasteiger partial charge >= 0.3 is 0 Å². The zero-order valence-corrected chi connectivity index (χ0v) is 72.1. The fourth-order valence-electron chi connectivity index (χ4n) is 16.1. The summed E-state index contributed by atoms with van der Waals surface area (Å²) < 4.78 is 75.6. The second kappa shape index (κ2) is 49.3. The van der Waals surface area contributed by atoms with Crippen molar-refractivity contribution in [2.24, 2.45) is 0 Å². The largest absolute Gasteiger partial charge is 0.389 e. The number of aliphatic hydroxyl groups excluding tert-OH is 27. The highest BCUT2D eigenvalue weighted by Crippen LogP contribution is 2.36. The van der Waals surface area contributed by atoms with E-state index < -0.39 is 360 Å². The molecule has 4 amide bonds. The van der Waals surface area contributed by atoms with Crippen LogP contribution in [0.2, 0.25) is 0 Å². The van der Waals surface area contributed by atoms with Crippen LogP contribution in [-0.4, -0.2) is 521 Å². The molecule has 7 saturated heterocycles. The van der Waals surface area contributed by atoms with Gasteiger partial charge in [-0.1, -0.05) is 72.8 Å². The van der Waals surface area contributed by atoms with Crippen molar-refractivity contribution < 1.29 is 219 Å². The number of benzene rings is 4. The highest BCUT2D eigenvalue weighted by atomic mass is 16.8. The maximum atomic E-state index is 13.3. The maximum Gasteiger partial charge on any atom is 0.251 e. The van der Waals surface area contributed by atoms with Crippen LogP contribution in [0.4, 0.5) is 0 Å². The van der Waals surface area contributed by atoms with Crippen LogP contribution in [0.3, 0.4) is 0 Å². The Balaban J connectivity index is 0.702. The van der Waals surface area contributed by atoms with E-state index >= 15 is 0 Å². The molecule has 0 bridgehead atoms. The monoisotopic (exact) mass is 1920 g/mol. The SMILES string of the molecule is CN(C[C@H](O)[C@@H](O)[C@@H](O)[C@H](O)CO[C@@H]1O[C@H](CNC(=O)c2ccccc2)[C@@H](O[C@H]2O[C@H](CNC(=O)c3ccccc3)[C@@H](O)[C@H](O)[C@H]2O)[C@H](O)[C@H]1O)C[C@H]1O[C@H](O[C@H]2[C@H](O)[C@@H](O)[C@H](OC[C@H]3OC(O)[C@H](O)[C@@H](O)[C@H]3O)O[C@@H]2CN(C)C[C@H](O)[C@@H](O)[C@@H](O)[C@H](O)CO[C@@H]2O[C@H](CNC(=O)c3ccccc3)[C@@H](O[C@H]3O[C@H](CNC(=O)c4ccccc4)[C@@H](O)[C@H](O)[C@H]3O)[C@H](O)[C@H]2O)[C@H](O)[C@@H](O)[C@@H]1O. The average Bonchev–Trinajstić information content (AvgIpc) is 0.782. The molecule has 752 valence electrons. The van der Waals surface area contributed by atoms with E-state index in [0.717, 1.165) is 9.80 Å². The van der Waals surface area contributed by atoms with E-state index in [2.05, 4.69) is 21.3 Å². The molecule has 0 aromatic heterocycles. The molecule has 4 aromatic rings. The third kappa shape index (κ3) is 26.8. The zero-order valence-electron chi connectivity index (χ0n) is 72.1. The van der Waals surface area contributed by atoms with Gasteiger partial charge in [0.2, 0.25) is 0 Å². The number of aliphatic hydroxyl groups is 27. The summed E-state index contributed by atoms with van der Waals surface area (Å²) in [5.74, 6) is -2.58. The highest BCUT2D eigenvalue weighted by Gasteiger charge is 2.57. The van der Waals surface area contributed by atoms with Crippen molar-refractivity contribution in [1.82, 2.24) is 31.1 Å². The molecule has 31 N–H and O–H groups in total. The first-order valence-electron chi connectivity index (χ1n) is 43.1. The lowest BCUT2D eigenvalue weighted by Gasteiger charge is -2.47. The second-order valence-electron chi connectivity index (χ2n) is 33.9. The predicted octanol–water partition coefficient (Wildman–Crippen LogP) is -15.8. The van der Waals surface area contributed by atoms with Gasteiger partial charge in [0.05, 0.1) is 32.0 Å². The molecular formula is C84H122N6O44. The van der Waals surface area contributed by atoms with Gasteiger partial charge in [-0.05, 0) is 62.6 Å². The number of hydrogen-bond donors (Lipinski definition) is 31. The molecule has 0 saturated carbocycles. The van der Waals surface area contributed by atoms with Crippen molar-refractivity contribution in [1.29, 1.82) is 0 Å². The minimum Gasteiger partial charge on any atom is -0.389 e. The zero-order chi connectivity index (χ0) is 97.5. The van der Waals surface area contributed by atoms with E-state index in [1.165, 1.54) is 62.6 Å². The van der Waals surface area contributed by atoms with Crippen molar-refractivity contribution in [3.05, 3.63) is 144 Å². The van der Waals surface area contributed by atoms with Gasteiger partial charge in [-0.2, -0.15) is 0 Å². The van der Waals surface area contributed by atoms with Crippen molar-refractivity contribution in [2.45, 2.75) is 264 Å². The molecule has 4 aromatic carbocycles. The molecule has 7 aliphatic heterocycles. The minimum absolute atomic E-state index is 0.147. The number of hydrogen-bond acceptors (Lipinski definition) is 46. The summed E-state index contributed by atoms with van der Waals surface area (Å²) in [6.07, 6.45) is -85.8. The number of carbonyl (C=O) groups is 4. The first-order valence-corrected chi connectivity index (χ1v) is 43.1. The molecule has 134 heavy (non-hydrogen) atoms. The molecule has 0 radical (unpaired) electrons. The second-order valence-corrected chi connectivity index (χ2v) is 33.9. The van der Waals surface area contributed by atoms with Gasteiger partial charge in [-0.3, -0.25) is 19.2 Å². The lowest BCUT2D eigenvalue weighted by Crippen LogP contribution is -2.66. The number of nitrogens with one attached hydrogen (secondary N) is 4. The molecule has 1 unspecified atom stereocenters. The third-order valence-corrected chi connectivity index (χ3v) is 24.0. The van der Waals surface area contributed by atoms with E-state index in [1.54, 1.807) is 72.8 Å². The molecule has 7 heterocycles. The van der Waals surface area contributed by atoms with Gasteiger partial charge in [0.1, 0.15) is 208 Å². The number of nitrogens with zero attached hydrogens (tertiary/aromatic N) is 2. The lowest BCUT2D eigenvalue weighted by molar-refractivity contribution is -0.361. The van der Waals surface area contributed by atoms with Crippen molar-refractivity contribution in [3.63, 3.8) is 0 Å². The topological polar surface area (TPSA) is 789 Å². The van der Waals surface area contributed by atoms with Crippen molar-refractivity contribution in [2.75, 3.05) is 86.3 Å². The summed E-state index contributed by atoms with van der Waals surface area (Å²) in [5.41, 5.74) is 0.753. The van der Waals surface area contributed by atoms with Crippen LogP contribution < -0.4 is 21.3 Å². The number of likely N-dealkylation sites (N-methyl/N-ethyl adjacent to an activating group) is 2. The van der Waals surface area contributed by atoms with E-state index in [4.69, 9.17) is 61.6 Å². The summed E-state index contributed by atoms with van der Waals surface area (Å²) in [6, 6.07) is 31.1. The number of amides is 4. The minimum atomic E-state index is -2.37. The van der Waals surface area contributed by atoms with Crippen LogP contribution in [0.15, 0.2) is 121 Å². The number of carbonyl (C=O) groups excluding carboxylic acids is 4. The van der Waals surface area contributed by atoms with E-state index in [9.17, 15) is 157 Å². The normalized spacial score (nSPS) is 37.8. The molecule has 11 rings (SSSR count). The third-order valence-electron chi connectivity index (χ3n) is 24.0. The average molecular weight is 1920 g/mol. The Hall–Kier alpha value is -6.92. The predicted molar refractivity (Wildman–Crippen MR) is 442 cm³/mol. The Bertz CT molecular complexity index is 4230. The first kappa shape index (κ1) is 108. The molecule has 50 heteroatoms.